The van der Waals surface area contributed by atoms with Gasteiger partial charge in [0.25, 0.3) is 0 Å². The van der Waals surface area contributed by atoms with Gasteiger partial charge in [-0.25, -0.2) is 0 Å². The van der Waals surface area contributed by atoms with Crippen LogP contribution in [0.15, 0.2) is 6.07 Å². The summed E-state index contributed by atoms with van der Waals surface area (Å²) in [5, 5.41) is 0. The van der Waals surface area contributed by atoms with Gasteiger partial charge in [0.15, 0.2) is 6.29 Å². The number of rotatable bonds is 1. The number of carbonyl (C=O) groups excluding carboxylic acids is 1. The van der Waals surface area contributed by atoms with Gasteiger partial charge in [0.2, 0.25) is 0 Å². The number of hydrogen-bond acceptors (Lipinski definition) is 3. The highest BCUT2D eigenvalue weighted by Crippen LogP contribution is 2.63. The van der Waals surface area contributed by atoms with E-state index in [0.717, 1.165) is 55.3 Å². The number of aldehydes is 1. The van der Waals surface area contributed by atoms with Gasteiger partial charge in [0, 0.05) is 22.0 Å². The lowest BCUT2D eigenvalue weighted by Crippen LogP contribution is -2.51. The fraction of sp³-hybridized carbons (Fsp3) is 0.741. The van der Waals surface area contributed by atoms with Gasteiger partial charge in [-0.2, -0.15) is 0 Å². The summed E-state index contributed by atoms with van der Waals surface area (Å²) in [6.45, 7) is 14.0. The Morgan fingerprint density at radius 1 is 0.767 bits per heavy atom. The van der Waals surface area contributed by atoms with Crippen LogP contribution >= 0.6 is 0 Å². The minimum absolute atomic E-state index is 0.109. The Bertz CT molecular complexity index is 812. The molecule has 0 N–H and O–H groups in total. The number of benzene rings is 1. The third-order valence-electron chi connectivity index (χ3n) is 9.77. The van der Waals surface area contributed by atoms with Crippen LogP contribution in [0, 0.1) is 11.8 Å². The third kappa shape index (κ3) is 2.41. The average Bonchev–Trinajstić information content (AvgIpc) is 3.04. The summed E-state index contributed by atoms with van der Waals surface area (Å²) < 4.78 is 13.6. The van der Waals surface area contributed by atoms with Gasteiger partial charge < -0.3 is 9.47 Å². The van der Waals surface area contributed by atoms with Crippen molar-refractivity contribution in [3.05, 3.63) is 22.8 Å². The molecule has 0 bridgehead atoms. The fourth-order valence-corrected chi connectivity index (χ4v) is 6.97. The van der Waals surface area contributed by atoms with E-state index in [1.807, 2.05) is 0 Å². The van der Waals surface area contributed by atoms with Crippen LogP contribution < -0.4 is 9.47 Å². The van der Waals surface area contributed by atoms with Gasteiger partial charge in [-0.3, -0.25) is 4.79 Å². The topological polar surface area (TPSA) is 35.5 Å². The normalized spacial score (nSPS) is 38.1. The molecule has 2 spiro atoms. The summed E-state index contributed by atoms with van der Waals surface area (Å²) in [5.41, 5.74) is 2.49. The standard InChI is InChI=1S/C27H38O3/c1-17-7-11-26(12-8-17)24(3,4)20-15-21-23(19(16-28)22(20)29-26)30-27(25(21,5)6)13-9-18(2)10-14-27/h15-18H,7-14H2,1-6H3. The van der Waals surface area contributed by atoms with Crippen LogP contribution in [0.4, 0.5) is 0 Å². The molecule has 1 aromatic rings. The first-order chi connectivity index (χ1) is 14.1. The Hall–Kier alpha value is -1.51. The predicted octanol–water partition coefficient (Wildman–Crippen LogP) is 6.74. The molecule has 2 aliphatic carbocycles. The second-order valence-corrected chi connectivity index (χ2v) is 12.0. The molecule has 5 rings (SSSR count). The number of ether oxygens (including phenoxy) is 2. The summed E-state index contributed by atoms with van der Waals surface area (Å²) >= 11 is 0. The molecule has 2 aliphatic heterocycles. The molecule has 2 heterocycles. The molecule has 1 aromatic carbocycles. The monoisotopic (exact) mass is 410 g/mol. The van der Waals surface area contributed by atoms with Crippen LogP contribution in [-0.4, -0.2) is 17.5 Å². The Balaban J connectivity index is 1.63. The van der Waals surface area contributed by atoms with Crippen LogP contribution in [0.5, 0.6) is 11.5 Å². The minimum atomic E-state index is -0.198. The average molecular weight is 411 g/mol. The van der Waals surface area contributed by atoms with Gasteiger partial charge in [-0.05, 0) is 69.3 Å². The lowest BCUT2D eigenvalue weighted by molar-refractivity contribution is -0.0191. The van der Waals surface area contributed by atoms with Crippen molar-refractivity contribution in [1.29, 1.82) is 0 Å². The van der Waals surface area contributed by atoms with Gasteiger partial charge in [0.1, 0.15) is 22.7 Å². The second-order valence-electron chi connectivity index (χ2n) is 12.0. The Labute approximate surface area is 181 Å². The molecular weight excluding hydrogens is 372 g/mol. The number of hydrogen-bond donors (Lipinski definition) is 0. The van der Waals surface area contributed by atoms with E-state index in [2.05, 4.69) is 47.6 Å². The van der Waals surface area contributed by atoms with Crippen molar-refractivity contribution in [3.63, 3.8) is 0 Å². The molecule has 0 amide bonds. The first-order valence-electron chi connectivity index (χ1n) is 12.1. The van der Waals surface area contributed by atoms with E-state index in [0.29, 0.717) is 5.56 Å². The molecule has 2 fully saturated rings. The Morgan fingerprint density at radius 3 is 1.47 bits per heavy atom. The Kier molecular flexibility index (Phi) is 4.26. The molecule has 0 saturated heterocycles. The van der Waals surface area contributed by atoms with Gasteiger partial charge in [-0.15, -0.1) is 0 Å². The maximum Gasteiger partial charge on any atom is 0.157 e. The predicted molar refractivity (Wildman–Crippen MR) is 120 cm³/mol. The molecule has 2 saturated carbocycles. The number of fused-ring (bicyclic) bond motifs is 2. The quantitative estimate of drug-likeness (QED) is 0.481. The summed E-state index contributed by atoms with van der Waals surface area (Å²) in [5.74, 6) is 3.12. The highest BCUT2D eigenvalue weighted by molar-refractivity contribution is 5.88. The van der Waals surface area contributed by atoms with E-state index in [9.17, 15) is 4.79 Å². The van der Waals surface area contributed by atoms with Crippen LogP contribution in [0.2, 0.25) is 0 Å². The first-order valence-corrected chi connectivity index (χ1v) is 12.1. The smallest absolute Gasteiger partial charge is 0.157 e. The second kappa shape index (κ2) is 6.26. The van der Waals surface area contributed by atoms with Gasteiger partial charge >= 0.3 is 0 Å². The SMILES string of the molecule is CC1CCC2(CC1)Oc1c(cc3c(c1C=O)OC1(CCC(C)CC1)C3(C)C)C2(C)C. The molecule has 4 aliphatic rings. The van der Waals surface area contributed by atoms with Crippen LogP contribution in [0.25, 0.3) is 0 Å². The van der Waals surface area contributed by atoms with E-state index < -0.39 is 0 Å². The van der Waals surface area contributed by atoms with Crippen molar-refractivity contribution in [2.24, 2.45) is 11.8 Å². The molecule has 0 unspecified atom stereocenters. The summed E-state index contributed by atoms with van der Waals surface area (Å²) in [6, 6.07) is 2.36. The maximum atomic E-state index is 12.4. The van der Waals surface area contributed by atoms with Crippen LogP contribution in [0.3, 0.4) is 0 Å². The molecule has 0 radical (unpaired) electrons. The molecule has 3 heteroatoms. The largest absolute Gasteiger partial charge is 0.485 e. The molecule has 164 valence electrons. The van der Waals surface area contributed by atoms with E-state index in [1.54, 1.807) is 0 Å². The van der Waals surface area contributed by atoms with E-state index in [1.165, 1.54) is 36.8 Å². The first kappa shape index (κ1) is 20.4. The molecule has 3 nitrogen and oxygen atoms in total. The highest BCUT2D eigenvalue weighted by Gasteiger charge is 2.60. The van der Waals surface area contributed by atoms with Crippen molar-refractivity contribution in [2.75, 3.05) is 0 Å². The zero-order chi connectivity index (χ0) is 21.5. The van der Waals surface area contributed by atoms with Crippen LogP contribution in [-0.2, 0) is 10.8 Å². The van der Waals surface area contributed by atoms with E-state index in [-0.39, 0.29) is 22.0 Å². The third-order valence-corrected chi connectivity index (χ3v) is 9.77. The van der Waals surface area contributed by atoms with Crippen molar-refractivity contribution in [3.8, 4) is 11.5 Å². The van der Waals surface area contributed by atoms with E-state index in [4.69, 9.17) is 9.47 Å². The Morgan fingerprint density at radius 2 is 1.13 bits per heavy atom. The highest BCUT2D eigenvalue weighted by atomic mass is 16.5. The van der Waals surface area contributed by atoms with Crippen molar-refractivity contribution in [2.45, 2.75) is 115 Å². The van der Waals surface area contributed by atoms with E-state index >= 15 is 0 Å². The van der Waals surface area contributed by atoms with Gasteiger partial charge in [-0.1, -0.05) is 41.5 Å². The minimum Gasteiger partial charge on any atom is -0.485 e. The number of carbonyl (C=O) groups is 1. The van der Waals surface area contributed by atoms with Crippen molar-refractivity contribution in [1.82, 2.24) is 0 Å². The maximum absolute atomic E-state index is 12.4. The van der Waals surface area contributed by atoms with Crippen molar-refractivity contribution < 1.29 is 14.3 Å². The zero-order valence-corrected chi connectivity index (χ0v) is 19.7. The van der Waals surface area contributed by atoms with Gasteiger partial charge in [0.05, 0.1) is 5.56 Å². The lowest BCUT2D eigenvalue weighted by atomic mass is 9.61. The zero-order valence-electron chi connectivity index (χ0n) is 19.7. The molecule has 30 heavy (non-hydrogen) atoms. The summed E-state index contributed by atoms with van der Waals surface area (Å²) in [7, 11) is 0. The molecular formula is C27H38O3. The summed E-state index contributed by atoms with van der Waals surface area (Å²) in [4.78, 5) is 12.4. The fourth-order valence-electron chi connectivity index (χ4n) is 6.97. The van der Waals surface area contributed by atoms with Crippen molar-refractivity contribution >= 4 is 6.29 Å². The molecule has 0 aromatic heterocycles. The lowest BCUT2D eigenvalue weighted by Gasteiger charge is -2.45. The van der Waals surface area contributed by atoms with Crippen LogP contribution in [0.1, 0.15) is 114 Å². The molecule has 0 atom stereocenters. The summed E-state index contributed by atoms with van der Waals surface area (Å²) in [6.07, 6.45) is 10.0.